The van der Waals surface area contributed by atoms with Crippen molar-refractivity contribution in [3.63, 3.8) is 0 Å². The lowest BCUT2D eigenvalue weighted by Gasteiger charge is -2.34. The molecule has 2 atom stereocenters. The quantitative estimate of drug-likeness (QED) is 0.872. The summed E-state index contributed by atoms with van der Waals surface area (Å²) in [5, 5.41) is 3.35. The number of piperazine rings is 1. The smallest absolute Gasteiger partial charge is 0.126 e. The Labute approximate surface area is 115 Å². The minimum Gasteiger partial charge on any atom is -0.324 e. The molecule has 4 heteroatoms. The molecule has 1 aliphatic heterocycles. The van der Waals surface area contributed by atoms with E-state index in [0.717, 1.165) is 38.2 Å². The number of halogens is 1. The van der Waals surface area contributed by atoms with Crippen molar-refractivity contribution in [1.82, 2.24) is 10.2 Å². The van der Waals surface area contributed by atoms with Gasteiger partial charge in [-0.1, -0.05) is 12.1 Å². The fourth-order valence-corrected chi connectivity index (χ4v) is 2.67. The first-order valence-corrected chi connectivity index (χ1v) is 7.04. The first-order chi connectivity index (χ1) is 9.08. The lowest BCUT2D eigenvalue weighted by molar-refractivity contribution is 0.170. The molecule has 2 rings (SSSR count). The van der Waals surface area contributed by atoms with Gasteiger partial charge in [-0.05, 0) is 37.5 Å². The van der Waals surface area contributed by atoms with Crippen LogP contribution in [0.2, 0.25) is 0 Å². The molecule has 0 aliphatic carbocycles. The van der Waals surface area contributed by atoms with Crippen molar-refractivity contribution in [3.8, 4) is 0 Å². The van der Waals surface area contributed by atoms with Gasteiger partial charge >= 0.3 is 0 Å². The standard InChI is InChI=1S/C15H24FN3/c1-11-9-13(3-4-14(11)16)15(17)10-12(2)19-7-5-18-6-8-19/h3-4,9,12,15,18H,5-8,10,17H2,1-2H3. The number of hydrogen-bond acceptors (Lipinski definition) is 3. The third-order valence-electron chi connectivity index (χ3n) is 3.98. The molecule has 106 valence electrons. The molecular weight excluding hydrogens is 241 g/mol. The lowest BCUT2D eigenvalue weighted by atomic mass is 9.98. The second kappa shape index (κ2) is 6.46. The normalized spacial score (nSPS) is 20.2. The first-order valence-electron chi connectivity index (χ1n) is 7.04. The highest BCUT2D eigenvalue weighted by Gasteiger charge is 2.19. The molecule has 2 unspecified atom stereocenters. The monoisotopic (exact) mass is 265 g/mol. The van der Waals surface area contributed by atoms with Crippen LogP contribution in [-0.4, -0.2) is 37.1 Å². The van der Waals surface area contributed by atoms with E-state index in [-0.39, 0.29) is 11.9 Å². The van der Waals surface area contributed by atoms with Crippen LogP contribution >= 0.6 is 0 Å². The molecule has 0 amide bonds. The average molecular weight is 265 g/mol. The second-order valence-corrected chi connectivity index (χ2v) is 5.49. The van der Waals surface area contributed by atoms with Gasteiger partial charge in [-0.25, -0.2) is 4.39 Å². The van der Waals surface area contributed by atoms with Gasteiger partial charge in [-0.2, -0.15) is 0 Å². The summed E-state index contributed by atoms with van der Waals surface area (Å²) < 4.78 is 13.3. The Morgan fingerprint density at radius 2 is 2.05 bits per heavy atom. The molecule has 0 radical (unpaired) electrons. The Bertz CT molecular complexity index is 416. The van der Waals surface area contributed by atoms with Crippen molar-refractivity contribution in [1.29, 1.82) is 0 Å². The van der Waals surface area contributed by atoms with Crippen LogP contribution in [0.1, 0.15) is 30.5 Å². The molecule has 1 aromatic rings. The predicted molar refractivity (Wildman–Crippen MR) is 76.6 cm³/mol. The van der Waals surface area contributed by atoms with Crippen molar-refractivity contribution in [2.24, 2.45) is 5.73 Å². The Morgan fingerprint density at radius 3 is 2.68 bits per heavy atom. The number of nitrogens with zero attached hydrogens (tertiary/aromatic N) is 1. The van der Waals surface area contributed by atoms with Gasteiger partial charge in [-0.15, -0.1) is 0 Å². The summed E-state index contributed by atoms with van der Waals surface area (Å²) in [6, 6.07) is 5.62. The molecule has 1 aliphatic rings. The molecule has 1 aromatic carbocycles. The van der Waals surface area contributed by atoms with E-state index < -0.39 is 0 Å². The molecule has 19 heavy (non-hydrogen) atoms. The van der Waals surface area contributed by atoms with Crippen molar-refractivity contribution >= 4 is 0 Å². The first kappa shape index (κ1) is 14.4. The topological polar surface area (TPSA) is 41.3 Å². The van der Waals surface area contributed by atoms with Gasteiger partial charge in [0.15, 0.2) is 0 Å². The van der Waals surface area contributed by atoms with E-state index in [1.54, 1.807) is 13.0 Å². The molecule has 1 saturated heterocycles. The number of nitrogens with one attached hydrogen (secondary N) is 1. The Hall–Kier alpha value is -0.970. The van der Waals surface area contributed by atoms with Crippen molar-refractivity contribution in [3.05, 3.63) is 35.1 Å². The minimum atomic E-state index is -0.161. The Morgan fingerprint density at radius 1 is 1.37 bits per heavy atom. The summed E-state index contributed by atoms with van der Waals surface area (Å²) in [6.45, 7) is 8.27. The molecule has 0 aromatic heterocycles. The molecule has 0 spiro atoms. The van der Waals surface area contributed by atoms with Gasteiger partial charge in [0.05, 0.1) is 0 Å². The lowest BCUT2D eigenvalue weighted by Crippen LogP contribution is -2.48. The van der Waals surface area contributed by atoms with E-state index in [1.807, 2.05) is 6.07 Å². The van der Waals surface area contributed by atoms with E-state index in [4.69, 9.17) is 5.73 Å². The van der Waals surface area contributed by atoms with E-state index in [2.05, 4.69) is 17.1 Å². The fraction of sp³-hybridized carbons (Fsp3) is 0.600. The van der Waals surface area contributed by atoms with E-state index in [1.165, 1.54) is 6.07 Å². The maximum absolute atomic E-state index is 13.3. The number of hydrogen-bond donors (Lipinski definition) is 2. The number of nitrogens with two attached hydrogens (primary N) is 1. The van der Waals surface area contributed by atoms with Crippen molar-refractivity contribution < 1.29 is 4.39 Å². The Kier molecular flexibility index (Phi) is 4.91. The zero-order valence-corrected chi connectivity index (χ0v) is 11.8. The van der Waals surface area contributed by atoms with Crippen molar-refractivity contribution in [2.45, 2.75) is 32.4 Å². The molecule has 1 fully saturated rings. The van der Waals surface area contributed by atoms with Crippen LogP contribution in [0, 0.1) is 12.7 Å². The summed E-state index contributed by atoms with van der Waals surface area (Å²) in [5.74, 6) is -0.161. The summed E-state index contributed by atoms with van der Waals surface area (Å²) in [4.78, 5) is 2.47. The summed E-state index contributed by atoms with van der Waals surface area (Å²) in [7, 11) is 0. The highest BCUT2D eigenvalue weighted by molar-refractivity contribution is 5.26. The predicted octanol–water partition coefficient (Wildman–Crippen LogP) is 1.82. The zero-order valence-electron chi connectivity index (χ0n) is 11.8. The maximum atomic E-state index is 13.3. The van der Waals surface area contributed by atoms with E-state index in [0.29, 0.717) is 11.6 Å². The SMILES string of the molecule is Cc1cc(C(N)CC(C)N2CCNCC2)ccc1F. The van der Waals surface area contributed by atoms with Crippen LogP contribution < -0.4 is 11.1 Å². The highest BCUT2D eigenvalue weighted by Crippen LogP contribution is 2.21. The molecule has 3 nitrogen and oxygen atoms in total. The number of aryl methyl sites for hydroxylation is 1. The van der Waals surface area contributed by atoms with Gasteiger partial charge in [0.25, 0.3) is 0 Å². The van der Waals surface area contributed by atoms with Gasteiger partial charge in [0.1, 0.15) is 5.82 Å². The highest BCUT2D eigenvalue weighted by atomic mass is 19.1. The summed E-state index contributed by atoms with van der Waals surface area (Å²) >= 11 is 0. The third-order valence-corrected chi connectivity index (χ3v) is 3.98. The van der Waals surface area contributed by atoms with Crippen LogP contribution in [0.5, 0.6) is 0 Å². The summed E-state index contributed by atoms with van der Waals surface area (Å²) in [5.41, 5.74) is 7.95. The van der Waals surface area contributed by atoms with Crippen molar-refractivity contribution in [2.75, 3.05) is 26.2 Å². The third kappa shape index (κ3) is 3.75. The largest absolute Gasteiger partial charge is 0.324 e. The van der Waals surface area contributed by atoms with Crippen LogP contribution in [0.3, 0.4) is 0 Å². The molecular formula is C15H24FN3. The maximum Gasteiger partial charge on any atom is 0.126 e. The average Bonchev–Trinajstić information content (AvgIpc) is 2.42. The molecule has 3 N–H and O–H groups in total. The number of rotatable bonds is 4. The van der Waals surface area contributed by atoms with Gasteiger partial charge in [-0.3, -0.25) is 4.90 Å². The van der Waals surface area contributed by atoms with Gasteiger partial charge < -0.3 is 11.1 Å². The van der Waals surface area contributed by atoms with Crippen LogP contribution in [0.4, 0.5) is 4.39 Å². The van der Waals surface area contributed by atoms with Crippen LogP contribution in [-0.2, 0) is 0 Å². The number of benzene rings is 1. The van der Waals surface area contributed by atoms with Gasteiger partial charge in [0.2, 0.25) is 0 Å². The molecule has 0 bridgehead atoms. The van der Waals surface area contributed by atoms with E-state index >= 15 is 0 Å². The molecule has 0 saturated carbocycles. The fourth-order valence-electron chi connectivity index (χ4n) is 2.67. The van der Waals surface area contributed by atoms with E-state index in [9.17, 15) is 4.39 Å². The molecule has 1 heterocycles. The second-order valence-electron chi connectivity index (χ2n) is 5.49. The zero-order chi connectivity index (χ0) is 13.8. The van der Waals surface area contributed by atoms with Gasteiger partial charge in [0, 0.05) is 38.3 Å². The summed E-state index contributed by atoms with van der Waals surface area (Å²) in [6.07, 6.45) is 0.908. The Balaban J connectivity index is 1.95. The van der Waals surface area contributed by atoms with Crippen LogP contribution in [0.15, 0.2) is 18.2 Å². The minimum absolute atomic E-state index is 0.0239. The van der Waals surface area contributed by atoms with Crippen LogP contribution in [0.25, 0.3) is 0 Å².